The van der Waals surface area contributed by atoms with Crippen LogP contribution in [-0.4, -0.2) is 26.4 Å². The summed E-state index contributed by atoms with van der Waals surface area (Å²) < 4.78 is 7.88. The van der Waals surface area contributed by atoms with Gasteiger partial charge >= 0.3 is 0 Å². The molecule has 0 spiro atoms. The number of amides is 1. The number of aryl methyl sites for hydroxylation is 1. The van der Waals surface area contributed by atoms with Gasteiger partial charge in [-0.25, -0.2) is 0 Å². The quantitative estimate of drug-likeness (QED) is 0.354. The van der Waals surface area contributed by atoms with E-state index in [-0.39, 0.29) is 18.3 Å². The first-order valence-electron chi connectivity index (χ1n) is 9.52. The van der Waals surface area contributed by atoms with Crippen LogP contribution in [0, 0.1) is 0 Å². The summed E-state index contributed by atoms with van der Waals surface area (Å²) in [6, 6.07) is 14.9. The SMILES string of the molecule is C=CCn1c(COc2ccccc2CC)nnc1SCC(=O)Nc1ccc(Cl)cc1. The van der Waals surface area contributed by atoms with Crippen molar-refractivity contribution in [2.45, 2.75) is 31.7 Å². The first kappa shape index (κ1) is 21.9. The average molecular weight is 443 g/mol. The third-order valence-corrected chi connectivity index (χ3v) is 5.49. The number of anilines is 1. The molecule has 3 aromatic rings. The van der Waals surface area contributed by atoms with Gasteiger partial charge in [-0.1, -0.05) is 54.6 Å². The van der Waals surface area contributed by atoms with Crippen LogP contribution in [0.15, 0.2) is 66.3 Å². The smallest absolute Gasteiger partial charge is 0.234 e. The number of hydrogen-bond donors (Lipinski definition) is 1. The zero-order valence-electron chi connectivity index (χ0n) is 16.7. The van der Waals surface area contributed by atoms with Crippen molar-refractivity contribution in [3.63, 3.8) is 0 Å². The van der Waals surface area contributed by atoms with E-state index in [2.05, 4.69) is 29.0 Å². The van der Waals surface area contributed by atoms with E-state index >= 15 is 0 Å². The molecule has 0 atom stereocenters. The maximum atomic E-state index is 12.3. The van der Waals surface area contributed by atoms with Gasteiger partial charge in [0.2, 0.25) is 5.91 Å². The molecule has 6 nitrogen and oxygen atoms in total. The second-order valence-corrected chi connectivity index (χ2v) is 7.77. The van der Waals surface area contributed by atoms with Gasteiger partial charge in [0.1, 0.15) is 12.4 Å². The number of para-hydroxylation sites is 1. The van der Waals surface area contributed by atoms with Crippen LogP contribution in [0.1, 0.15) is 18.3 Å². The molecule has 30 heavy (non-hydrogen) atoms. The Labute approximate surface area is 185 Å². The number of nitrogens with zero attached hydrogens (tertiary/aromatic N) is 3. The van der Waals surface area contributed by atoms with E-state index in [1.807, 2.05) is 28.8 Å². The Morgan fingerprint density at radius 1 is 1.23 bits per heavy atom. The number of benzene rings is 2. The maximum Gasteiger partial charge on any atom is 0.234 e. The van der Waals surface area contributed by atoms with Crippen LogP contribution in [0.4, 0.5) is 5.69 Å². The predicted octanol–water partition coefficient (Wildman–Crippen LogP) is 4.99. The molecule has 0 aliphatic carbocycles. The maximum absolute atomic E-state index is 12.3. The molecule has 0 radical (unpaired) electrons. The van der Waals surface area contributed by atoms with Crippen LogP contribution in [0.2, 0.25) is 5.02 Å². The molecule has 0 saturated heterocycles. The topological polar surface area (TPSA) is 69.0 Å². The lowest BCUT2D eigenvalue weighted by atomic mass is 10.1. The summed E-state index contributed by atoms with van der Waals surface area (Å²) in [5.74, 6) is 1.59. The van der Waals surface area contributed by atoms with Gasteiger partial charge in [0, 0.05) is 17.3 Å². The predicted molar refractivity (Wildman–Crippen MR) is 121 cm³/mol. The van der Waals surface area contributed by atoms with E-state index in [1.54, 1.807) is 30.3 Å². The number of aromatic nitrogens is 3. The summed E-state index contributed by atoms with van der Waals surface area (Å²) in [5.41, 5.74) is 1.84. The van der Waals surface area contributed by atoms with E-state index in [0.717, 1.165) is 17.7 Å². The van der Waals surface area contributed by atoms with Crippen molar-refractivity contribution in [2.75, 3.05) is 11.1 Å². The van der Waals surface area contributed by atoms with E-state index in [9.17, 15) is 4.79 Å². The molecular weight excluding hydrogens is 420 g/mol. The van der Waals surface area contributed by atoms with E-state index < -0.39 is 0 Å². The number of carbonyl (C=O) groups is 1. The molecule has 0 unspecified atom stereocenters. The first-order valence-corrected chi connectivity index (χ1v) is 10.9. The Hall–Kier alpha value is -2.77. The molecule has 1 heterocycles. The summed E-state index contributed by atoms with van der Waals surface area (Å²) >= 11 is 7.18. The summed E-state index contributed by atoms with van der Waals surface area (Å²) in [6.45, 7) is 6.71. The van der Waals surface area contributed by atoms with Crippen molar-refractivity contribution in [1.82, 2.24) is 14.8 Å². The number of carbonyl (C=O) groups excluding carboxylic acids is 1. The Morgan fingerprint density at radius 3 is 2.73 bits per heavy atom. The minimum atomic E-state index is -0.134. The van der Waals surface area contributed by atoms with Crippen LogP contribution in [-0.2, 0) is 24.4 Å². The van der Waals surface area contributed by atoms with Gasteiger partial charge in [0.25, 0.3) is 0 Å². The van der Waals surface area contributed by atoms with Crippen LogP contribution >= 0.6 is 23.4 Å². The van der Waals surface area contributed by atoms with Gasteiger partial charge in [-0.15, -0.1) is 16.8 Å². The fourth-order valence-corrected chi connectivity index (χ4v) is 3.68. The first-order chi connectivity index (χ1) is 14.6. The van der Waals surface area contributed by atoms with Crippen LogP contribution < -0.4 is 10.1 Å². The highest BCUT2D eigenvalue weighted by Crippen LogP contribution is 2.22. The molecule has 2 aromatic carbocycles. The molecule has 1 aromatic heterocycles. The molecular formula is C22H23ClN4O2S. The molecule has 0 fully saturated rings. The van der Waals surface area contributed by atoms with Gasteiger partial charge < -0.3 is 10.1 Å². The van der Waals surface area contributed by atoms with E-state index in [1.165, 1.54) is 11.8 Å². The van der Waals surface area contributed by atoms with Crippen molar-refractivity contribution in [3.8, 4) is 5.75 Å². The Kier molecular flexibility index (Phi) is 7.93. The second kappa shape index (κ2) is 10.8. The minimum Gasteiger partial charge on any atom is -0.485 e. The monoisotopic (exact) mass is 442 g/mol. The molecule has 0 bridgehead atoms. The number of nitrogens with one attached hydrogen (secondary N) is 1. The fraction of sp³-hybridized carbons (Fsp3) is 0.227. The molecule has 1 amide bonds. The Balaban J connectivity index is 1.62. The molecule has 156 valence electrons. The van der Waals surface area contributed by atoms with Crippen molar-refractivity contribution in [2.24, 2.45) is 0 Å². The summed E-state index contributed by atoms with van der Waals surface area (Å²) in [5, 5.41) is 12.6. The number of rotatable bonds is 10. The highest BCUT2D eigenvalue weighted by molar-refractivity contribution is 7.99. The average Bonchev–Trinajstić information content (AvgIpc) is 3.14. The highest BCUT2D eigenvalue weighted by Gasteiger charge is 2.15. The molecule has 0 saturated carbocycles. The minimum absolute atomic E-state index is 0.134. The summed E-state index contributed by atoms with van der Waals surface area (Å²) in [4.78, 5) is 12.3. The van der Waals surface area contributed by atoms with Crippen LogP contribution in [0.25, 0.3) is 0 Å². The van der Waals surface area contributed by atoms with Gasteiger partial charge in [0.15, 0.2) is 11.0 Å². The lowest BCUT2D eigenvalue weighted by molar-refractivity contribution is -0.113. The lowest BCUT2D eigenvalue weighted by Crippen LogP contribution is -2.15. The zero-order valence-corrected chi connectivity index (χ0v) is 18.2. The molecule has 0 aliphatic heterocycles. The third kappa shape index (κ3) is 5.87. The lowest BCUT2D eigenvalue weighted by Gasteiger charge is -2.11. The van der Waals surface area contributed by atoms with E-state index in [4.69, 9.17) is 16.3 Å². The Morgan fingerprint density at radius 2 is 2.00 bits per heavy atom. The number of thioether (sulfide) groups is 1. The number of hydrogen-bond acceptors (Lipinski definition) is 5. The fourth-order valence-electron chi connectivity index (χ4n) is 2.78. The summed E-state index contributed by atoms with van der Waals surface area (Å²) in [7, 11) is 0. The van der Waals surface area contributed by atoms with Crippen LogP contribution in [0.5, 0.6) is 5.75 Å². The second-order valence-electron chi connectivity index (χ2n) is 6.39. The van der Waals surface area contributed by atoms with Crippen molar-refractivity contribution >= 4 is 35.0 Å². The van der Waals surface area contributed by atoms with Gasteiger partial charge in [-0.05, 0) is 42.3 Å². The largest absolute Gasteiger partial charge is 0.485 e. The van der Waals surface area contributed by atoms with Gasteiger partial charge in [0.05, 0.1) is 5.75 Å². The van der Waals surface area contributed by atoms with Crippen LogP contribution in [0.3, 0.4) is 0 Å². The highest BCUT2D eigenvalue weighted by atomic mass is 35.5. The van der Waals surface area contributed by atoms with Crippen molar-refractivity contribution in [1.29, 1.82) is 0 Å². The Bertz CT molecular complexity index is 1000. The normalized spacial score (nSPS) is 10.6. The van der Waals surface area contributed by atoms with E-state index in [0.29, 0.717) is 28.2 Å². The van der Waals surface area contributed by atoms with Gasteiger partial charge in [-0.2, -0.15) is 0 Å². The third-order valence-electron chi connectivity index (χ3n) is 4.28. The number of allylic oxidation sites excluding steroid dienone is 1. The molecule has 8 heteroatoms. The van der Waals surface area contributed by atoms with Crippen molar-refractivity contribution < 1.29 is 9.53 Å². The molecule has 0 aliphatic rings. The number of ether oxygens (including phenoxy) is 1. The summed E-state index contributed by atoms with van der Waals surface area (Å²) in [6.07, 6.45) is 2.66. The molecule has 3 rings (SSSR count). The standard InChI is InChI=1S/C22H23ClN4O2S/c1-3-13-27-20(14-29-19-8-6-5-7-16(19)4-2)25-26-22(27)30-15-21(28)24-18-11-9-17(23)10-12-18/h3,5-12H,1,4,13-15H2,2H3,(H,24,28). The molecule has 1 N–H and O–H groups in total. The number of halogens is 1. The van der Waals surface area contributed by atoms with Crippen molar-refractivity contribution in [3.05, 3.63) is 77.6 Å². The van der Waals surface area contributed by atoms with Gasteiger partial charge in [-0.3, -0.25) is 9.36 Å². The zero-order chi connectivity index (χ0) is 21.3.